The van der Waals surface area contributed by atoms with Crippen molar-refractivity contribution in [1.29, 1.82) is 0 Å². The third-order valence-electron chi connectivity index (χ3n) is 3.94. The van der Waals surface area contributed by atoms with E-state index in [2.05, 4.69) is 0 Å². The van der Waals surface area contributed by atoms with Crippen molar-refractivity contribution >= 4 is 17.7 Å². The molecule has 1 aromatic rings. The number of carbonyl (C=O) groups excluding carboxylic acids is 1. The van der Waals surface area contributed by atoms with Gasteiger partial charge in [-0.25, -0.2) is 4.39 Å². The molecule has 3 nitrogen and oxygen atoms in total. The predicted octanol–water partition coefficient (Wildman–Crippen LogP) is 2.95. The second-order valence-electron chi connectivity index (χ2n) is 5.77. The zero-order valence-electron chi connectivity index (χ0n) is 12.0. The minimum Gasteiger partial charge on any atom is -0.376 e. The van der Waals surface area contributed by atoms with Crippen molar-refractivity contribution in [2.75, 3.05) is 25.4 Å². The molecule has 2 fully saturated rings. The van der Waals surface area contributed by atoms with Crippen LogP contribution in [0.3, 0.4) is 0 Å². The van der Waals surface area contributed by atoms with Gasteiger partial charge in [0.1, 0.15) is 5.82 Å². The summed E-state index contributed by atoms with van der Waals surface area (Å²) in [6.07, 6.45) is 3.75. The first kappa shape index (κ1) is 14.9. The number of ether oxygens (including phenoxy) is 1. The molecule has 0 bridgehead atoms. The average Bonchev–Trinajstić information content (AvgIpc) is 3.20. The van der Waals surface area contributed by atoms with E-state index in [4.69, 9.17) is 4.74 Å². The van der Waals surface area contributed by atoms with Gasteiger partial charge >= 0.3 is 0 Å². The van der Waals surface area contributed by atoms with Crippen LogP contribution in [0.25, 0.3) is 0 Å². The molecule has 1 saturated carbocycles. The van der Waals surface area contributed by atoms with Crippen LogP contribution >= 0.6 is 11.8 Å². The van der Waals surface area contributed by atoms with Gasteiger partial charge in [0.25, 0.3) is 0 Å². The largest absolute Gasteiger partial charge is 0.376 e. The maximum Gasteiger partial charge on any atom is 0.233 e. The Morgan fingerprint density at radius 3 is 2.76 bits per heavy atom. The van der Waals surface area contributed by atoms with Crippen LogP contribution in [0.4, 0.5) is 4.39 Å². The lowest BCUT2D eigenvalue weighted by Gasteiger charge is -2.16. The Kier molecular flexibility index (Phi) is 4.80. The number of rotatable bonds is 6. The highest BCUT2D eigenvalue weighted by Gasteiger charge is 2.29. The number of amides is 1. The molecule has 3 rings (SSSR count). The number of nitrogens with zero attached hydrogens (tertiary/aromatic N) is 1. The second-order valence-corrected chi connectivity index (χ2v) is 6.82. The summed E-state index contributed by atoms with van der Waals surface area (Å²) in [6, 6.07) is 6.26. The molecular formula is C16H20FNO2S. The van der Waals surface area contributed by atoms with Crippen molar-refractivity contribution in [2.45, 2.75) is 30.3 Å². The number of thioether (sulfide) groups is 1. The summed E-state index contributed by atoms with van der Waals surface area (Å²) in [5, 5.41) is 0. The fourth-order valence-electron chi connectivity index (χ4n) is 2.41. The Hall–Kier alpha value is -1.07. The van der Waals surface area contributed by atoms with Gasteiger partial charge in [0, 0.05) is 24.6 Å². The Morgan fingerprint density at radius 1 is 1.29 bits per heavy atom. The molecule has 114 valence electrons. The van der Waals surface area contributed by atoms with Gasteiger partial charge in [-0.05, 0) is 49.4 Å². The van der Waals surface area contributed by atoms with E-state index in [9.17, 15) is 9.18 Å². The summed E-state index contributed by atoms with van der Waals surface area (Å²) >= 11 is 1.45. The molecule has 1 aromatic carbocycles. The van der Waals surface area contributed by atoms with Gasteiger partial charge in [0.2, 0.25) is 5.91 Å². The molecule has 0 aromatic heterocycles. The average molecular weight is 309 g/mol. The fourth-order valence-corrected chi connectivity index (χ4v) is 3.22. The molecule has 1 amide bonds. The molecule has 0 radical (unpaired) electrons. The van der Waals surface area contributed by atoms with Crippen LogP contribution in [0.15, 0.2) is 29.2 Å². The van der Waals surface area contributed by atoms with E-state index >= 15 is 0 Å². The zero-order chi connectivity index (χ0) is 14.7. The maximum absolute atomic E-state index is 12.8. The zero-order valence-corrected chi connectivity index (χ0v) is 12.8. The molecule has 1 saturated heterocycles. The SMILES string of the molecule is O=C(CSc1ccc(F)cc1)N1CCC(OCC2CC2)C1. The van der Waals surface area contributed by atoms with Crippen molar-refractivity contribution < 1.29 is 13.9 Å². The molecular weight excluding hydrogens is 289 g/mol. The van der Waals surface area contributed by atoms with E-state index in [1.807, 2.05) is 4.90 Å². The first-order valence-electron chi connectivity index (χ1n) is 7.48. The first-order valence-corrected chi connectivity index (χ1v) is 8.47. The van der Waals surface area contributed by atoms with Gasteiger partial charge in [-0.1, -0.05) is 0 Å². The monoisotopic (exact) mass is 309 g/mol. The van der Waals surface area contributed by atoms with Crippen molar-refractivity contribution in [1.82, 2.24) is 4.90 Å². The molecule has 1 aliphatic carbocycles. The van der Waals surface area contributed by atoms with Crippen LogP contribution in [0.1, 0.15) is 19.3 Å². The molecule has 2 aliphatic rings. The second kappa shape index (κ2) is 6.79. The van der Waals surface area contributed by atoms with E-state index in [0.29, 0.717) is 5.75 Å². The maximum atomic E-state index is 12.8. The summed E-state index contributed by atoms with van der Waals surface area (Å²) in [5.74, 6) is 1.06. The predicted molar refractivity (Wildman–Crippen MR) is 80.8 cm³/mol. The molecule has 1 heterocycles. The minimum absolute atomic E-state index is 0.141. The van der Waals surface area contributed by atoms with Gasteiger partial charge in [0.05, 0.1) is 11.9 Å². The number of hydrogen-bond donors (Lipinski definition) is 0. The molecule has 1 aliphatic heterocycles. The van der Waals surface area contributed by atoms with Crippen molar-refractivity contribution in [2.24, 2.45) is 5.92 Å². The van der Waals surface area contributed by atoms with Crippen molar-refractivity contribution in [3.05, 3.63) is 30.1 Å². The first-order chi connectivity index (χ1) is 10.2. The van der Waals surface area contributed by atoms with Crippen molar-refractivity contribution in [3.8, 4) is 0 Å². The van der Waals surface area contributed by atoms with Crippen molar-refractivity contribution in [3.63, 3.8) is 0 Å². The molecule has 0 spiro atoms. The van der Waals surface area contributed by atoms with Gasteiger partial charge in [-0.2, -0.15) is 0 Å². The Labute approximate surface area is 128 Å². The summed E-state index contributed by atoms with van der Waals surface area (Å²) < 4.78 is 18.7. The third kappa shape index (κ3) is 4.45. The number of halogens is 1. The highest BCUT2D eigenvalue weighted by Crippen LogP contribution is 2.30. The van der Waals surface area contributed by atoms with E-state index in [-0.39, 0.29) is 17.8 Å². The topological polar surface area (TPSA) is 29.5 Å². The van der Waals surface area contributed by atoms with Crippen LogP contribution in [-0.4, -0.2) is 42.4 Å². The van der Waals surface area contributed by atoms with Crippen LogP contribution in [-0.2, 0) is 9.53 Å². The van der Waals surface area contributed by atoms with Crippen LogP contribution in [0, 0.1) is 11.7 Å². The molecule has 5 heteroatoms. The Morgan fingerprint density at radius 2 is 2.05 bits per heavy atom. The lowest BCUT2D eigenvalue weighted by Crippen LogP contribution is -2.31. The molecule has 1 unspecified atom stereocenters. The third-order valence-corrected chi connectivity index (χ3v) is 4.94. The quantitative estimate of drug-likeness (QED) is 0.757. The Bertz CT molecular complexity index is 490. The number of carbonyl (C=O) groups is 1. The standard InChI is InChI=1S/C16H20FNO2S/c17-13-3-5-15(6-4-13)21-11-16(19)18-8-7-14(9-18)20-10-12-1-2-12/h3-6,12,14H,1-2,7-11H2. The normalized spacial score (nSPS) is 21.8. The molecule has 1 atom stereocenters. The van der Waals surface area contributed by atoms with Crippen LogP contribution in [0.5, 0.6) is 0 Å². The summed E-state index contributed by atoms with van der Waals surface area (Å²) in [7, 11) is 0. The van der Waals surface area contributed by atoms with Crippen LogP contribution < -0.4 is 0 Å². The van der Waals surface area contributed by atoms with Gasteiger partial charge in [-0.15, -0.1) is 11.8 Å². The molecule has 21 heavy (non-hydrogen) atoms. The lowest BCUT2D eigenvalue weighted by molar-refractivity contribution is -0.127. The highest BCUT2D eigenvalue weighted by atomic mass is 32.2. The number of hydrogen-bond acceptors (Lipinski definition) is 3. The summed E-state index contributed by atoms with van der Waals surface area (Å²) in [5.41, 5.74) is 0. The number of benzene rings is 1. The van der Waals surface area contributed by atoms with Crippen LogP contribution in [0.2, 0.25) is 0 Å². The molecule has 0 N–H and O–H groups in total. The van der Waals surface area contributed by atoms with Gasteiger partial charge in [-0.3, -0.25) is 4.79 Å². The van der Waals surface area contributed by atoms with E-state index in [0.717, 1.165) is 36.9 Å². The smallest absolute Gasteiger partial charge is 0.233 e. The van der Waals surface area contributed by atoms with E-state index < -0.39 is 0 Å². The summed E-state index contributed by atoms with van der Waals surface area (Å²) in [4.78, 5) is 15.0. The van der Waals surface area contributed by atoms with E-state index in [1.165, 1.54) is 36.7 Å². The minimum atomic E-state index is -0.249. The van der Waals surface area contributed by atoms with Gasteiger partial charge in [0.15, 0.2) is 0 Å². The Balaban J connectivity index is 1.39. The highest BCUT2D eigenvalue weighted by molar-refractivity contribution is 8.00. The lowest BCUT2D eigenvalue weighted by atomic mass is 10.3. The number of likely N-dealkylation sites (tertiary alicyclic amines) is 1. The van der Waals surface area contributed by atoms with E-state index in [1.54, 1.807) is 12.1 Å². The summed E-state index contributed by atoms with van der Waals surface area (Å²) in [6.45, 7) is 2.37. The van der Waals surface area contributed by atoms with Gasteiger partial charge < -0.3 is 9.64 Å². The fraction of sp³-hybridized carbons (Fsp3) is 0.562.